The van der Waals surface area contributed by atoms with E-state index in [1.807, 2.05) is 0 Å². The lowest BCUT2D eigenvalue weighted by atomic mass is 9.83. The van der Waals surface area contributed by atoms with Crippen molar-refractivity contribution in [2.45, 2.75) is 18.6 Å². The van der Waals surface area contributed by atoms with Gasteiger partial charge in [0.1, 0.15) is 5.92 Å². The molecule has 1 saturated heterocycles. The number of esters is 1. The predicted molar refractivity (Wildman–Crippen MR) is 51.4 cm³/mol. The summed E-state index contributed by atoms with van der Waals surface area (Å²) in [5.74, 6) is -1.75. The fraction of sp³-hybridized carbons (Fsp3) is 0.818. The van der Waals surface area contributed by atoms with Gasteiger partial charge in [-0.2, -0.15) is 0 Å². The summed E-state index contributed by atoms with van der Waals surface area (Å²) in [5, 5.41) is 0. The minimum atomic E-state index is -0.702. The van der Waals surface area contributed by atoms with E-state index >= 15 is 0 Å². The molecule has 16 heavy (non-hydrogen) atoms. The lowest BCUT2D eigenvalue weighted by Gasteiger charge is -2.33. The predicted octanol–water partition coefficient (Wildman–Crippen LogP) is 0.128. The zero-order valence-corrected chi connectivity index (χ0v) is 9.10. The third-order valence-electron chi connectivity index (χ3n) is 3.81. The van der Waals surface area contributed by atoms with Crippen LogP contribution < -0.4 is 0 Å². The molecule has 3 aliphatic rings. The number of ether oxygens (including phenoxy) is 3. The molecule has 1 aliphatic heterocycles. The second kappa shape index (κ2) is 3.28. The Kier molecular flexibility index (Phi) is 2.09. The molecule has 3 fully saturated rings. The second-order valence-electron chi connectivity index (χ2n) is 4.64. The molecule has 0 radical (unpaired) electrons. The molecule has 0 N–H and O–H groups in total. The minimum absolute atomic E-state index is 0.00146. The van der Waals surface area contributed by atoms with Crippen molar-refractivity contribution < 1.29 is 23.8 Å². The van der Waals surface area contributed by atoms with Gasteiger partial charge in [-0.3, -0.25) is 9.59 Å². The standard InChI is InChI=1S/C11H14O5/c1-14-10(13)7-5-11(15-2-3-16-11)8-4-6(8)9(7)12/h6-8H,2-5H2,1H3. The van der Waals surface area contributed by atoms with E-state index in [1.54, 1.807) is 0 Å². The van der Waals surface area contributed by atoms with Crippen molar-refractivity contribution in [3.8, 4) is 0 Å². The molecule has 0 aromatic heterocycles. The number of Topliss-reactive ketones (excluding diaryl/α,β-unsaturated/α-hetero) is 1. The average molecular weight is 226 g/mol. The van der Waals surface area contributed by atoms with Crippen LogP contribution in [0, 0.1) is 17.8 Å². The summed E-state index contributed by atoms with van der Waals surface area (Å²) >= 11 is 0. The third kappa shape index (κ3) is 1.25. The van der Waals surface area contributed by atoms with E-state index < -0.39 is 17.7 Å². The number of fused-ring (bicyclic) bond motifs is 2. The summed E-state index contributed by atoms with van der Waals surface area (Å²) in [5.41, 5.74) is 0. The molecule has 3 unspecified atom stereocenters. The molecule has 0 aromatic rings. The van der Waals surface area contributed by atoms with Crippen LogP contribution in [0.2, 0.25) is 0 Å². The van der Waals surface area contributed by atoms with Gasteiger partial charge in [-0.1, -0.05) is 0 Å². The number of carbonyl (C=O) groups excluding carboxylic acids is 2. The van der Waals surface area contributed by atoms with Crippen LogP contribution in [0.3, 0.4) is 0 Å². The molecule has 5 heteroatoms. The fourth-order valence-corrected chi connectivity index (χ4v) is 2.93. The maximum Gasteiger partial charge on any atom is 0.316 e. The fourth-order valence-electron chi connectivity index (χ4n) is 2.93. The van der Waals surface area contributed by atoms with E-state index in [2.05, 4.69) is 4.74 Å². The minimum Gasteiger partial charge on any atom is -0.468 e. The highest BCUT2D eigenvalue weighted by molar-refractivity contribution is 6.02. The van der Waals surface area contributed by atoms with Gasteiger partial charge in [0.15, 0.2) is 11.6 Å². The summed E-state index contributed by atoms with van der Waals surface area (Å²) < 4.78 is 15.9. The molecular weight excluding hydrogens is 212 g/mol. The highest BCUT2D eigenvalue weighted by atomic mass is 16.7. The van der Waals surface area contributed by atoms with E-state index in [-0.39, 0.29) is 17.6 Å². The molecule has 1 spiro atoms. The first-order chi connectivity index (χ1) is 7.68. The van der Waals surface area contributed by atoms with Crippen molar-refractivity contribution in [1.29, 1.82) is 0 Å². The van der Waals surface area contributed by atoms with E-state index in [0.29, 0.717) is 19.6 Å². The van der Waals surface area contributed by atoms with Gasteiger partial charge < -0.3 is 14.2 Å². The van der Waals surface area contributed by atoms with E-state index in [9.17, 15) is 9.59 Å². The van der Waals surface area contributed by atoms with Gasteiger partial charge in [-0.25, -0.2) is 0 Å². The quantitative estimate of drug-likeness (QED) is 0.469. The van der Waals surface area contributed by atoms with Gasteiger partial charge in [0.2, 0.25) is 0 Å². The number of rotatable bonds is 1. The number of hydrogen-bond acceptors (Lipinski definition) is 5. The van der Waals surface area contributed by atoms with Crippen molar-refractivity contribution in [3.63, 3.8) is 0 Å². The molecule has 1 heterocycles. The molecule has 2 aliphatic carbocycles. The van der Waals surface area contributed by atoms with Crippen molar-refractivity contribution in [3.05, 3.63) is 0 Å². The normalized spacial score (nSPS) is 39.6. The van der Waals surface area contributed by atoms with Crippen molar-refractivity contribution in [2.24, 2.45) is 17.8 Å². The van der Waals surface area contributed by atoms with E-state index in [0.717, 1.165) is 6.42 Å². The number of hydrogen-bond donors (Lipinski definition) is 0. The van der Waals surface area contributed by atoms with Gasteiger partial charge in [0.25, 0.3) is 0 Å². The Morgan fingerprint density at radius 1 is 1.44 bits per heavy atom. The van der Waals surface area contributed by atoms with Crippen LogP contribution in [0.1, 0.15) is 12.8 Å². The lowest BCUT2D eigenvalue weighted by Crippen LogP contribution is -2.45. The van der Waals surface area contributed by atoms with Crippen LogP contribution in [-0.2, 0) is 23.8 Å². The molecule has 2 saturated carbocycles. The Labute approximate surface area is 93.0 Å². The van der Waals surface area contributed by atoms with Gasteiger partial charge in [-0.05, 0) is 6.42 Å². The molecule has 0 amide bonds. The summed E-state index contributed by atoms with van der Waals surface area (Å²) in [6, 6.07) is 0. The van der Waals surface area contributed by atoms with Gasteiger partial charge >= 0.3 is 5.97 Å². The maximum absolute atomic E-state index is 11.9. The van der Waals surface area contributed by atoms with Gasteiger partial charge in [0.05, 0.1) is 20.3 Å². The molecular formula is C11H14O5. The monoisotopic (exact) mass is 226 g/mol. The summed E-state index contributed by atoms with van der Waals surface area (Å²) in [6.07, 6.45) is 1.10. The smallest absolute Gasteiger partial charge is 0.316 e. The zero-order chi connectivity index (χ0) is 11.3. The molecule has 5 nitrogen and oxygen atoms in total. The largest absolute Gasteiger partial charge is 0.468 e. The van der Waals surface area contributed by atoms with E-state index in [1.165, 1.54) is 7.11 Å². The van der Waals surface area contributed by atoms with Crippen LogP contribution in [0.5, 0.6) is 0 Å². The third-order valence-corrected chi connectivity index (χ3v) is 3.81. The summed E-state index contributed by atoms with van der Waals surface area (Å²) in [6.45, 7) is 1.09. The van der Waals surface area contributed by atoms with Crippen LogP contribution in [0.25, 0.3) is 0 Å². The molecule has 0 aromatic carbocycles. The summed E-state index contributed by atoms with van der Waals surface area (Å²) in [7, 11) is 1.30. The van der Waals surface area contributed by atoms with Gasteiger partial charge in [0, 0.05) is 18.3 Å². The second-order valence-corrected chi connectivity index (χ2v) is 4.64. The number of carbonyl (C=O) groups is 2. The van der Waals surface area contributed by atoms with Crippen LogP contribution in [-0.4, -0.2) is 37.9 Å². The SMILES string of the molecule is COC(=O)C1CC2(OCCO2)C2CC2C1=O. The van der Waals surface area contributed by atoms with Crippen molar-refractivity contribution in [1.82, 2.24) is 0 Å². The van der Waals surface area contributed by atoms with Crippen LogP contribution in [0.4, 0.5) is 0 Å². The Bertz CT molecular complexity index is 344. The Morgan fingerprint density at radius 2 is 2.12 bits per heavy atom. The highest BCUT2D eigenvalue weighted by Gasteiger charge is 2.66. The first kappa shape index (κ1) is 10.2. The summed E-state index contributed by atoms with van der Waals surface area (Å²) in [4.78, 5) is 23.4. The van der Waals surface area contributed by atoms with Crippen molar-refractivity contribution in [2.75, 3.05) is 20.3 Å². The van der Waals surface area contributed by atoms with E-state index in [4.69, 9.17) is 9.47 Å². The molecule has 3 rings (SSSR count). The molecule has 0 bridgehead atoms. The number of ketones is 1. The zero-order valence-electron chi connectivity index (χ0n) is 9.10. The van der Waals surface area contributed by atoms with Gasteiger partial charge in [-0.15, -0.1) is 0 Å². The Morgan fingerprint density at radius 3 is 2.75 bits per heavy atom. The Hall–Kier alpha value is -0.940. The van der Waals surface area contributed by atoms with Crippen LogP contribution in [0.15, 0.2) is 0 Å². The topological polar surface area (TPSA) is 61.8 Å². The Balaban J connectivity index is 1.85. The first-order valence-electron chi connectivity index (χ1n) is 5.57. The highest BCUT2D eigenvalue weighted by Crippen LogP contribution is 2.57. The molecule has 88 valence electrons. The molecule has 3 atom stereocenters. The van der Waals surface area contributed by atoms with Crippen molar-refractivity contribution >= 4 is 11.8 Å². The van der Waals surface area contributed by atoms with Crippen LogP contribution >= 0.6 is 0 Å². The number of methoxy groups -OCH3 is 1. The maximum atomic E-state index is 11.9. The average Bonchev–Trinajstić information content (AvgIpc) is 2.99. The first-order valence-corrected chi connectivity index (χ1v) is 5.57. The lowest BCUT2D eigenvalue weighted by molar-refractivity contribution is -0.203.